The standard InChI is InChI=1S/C22H30F3N3O/c1-4-6-8-9-10-17-11-13-18(14-12-17)28(3)20-19(22(23,24)25)16-26-21(27-20)29-15-7-5-2/h11-14,16H,4-10,15H2,1-3H3. The minimum absolute atomic E-state index is 0.0409. The predicted octanol–water partition coefficient (Wildman–Crippen LogP) is 6.57. The summed E-state index contributed by atoms with van der Waals surface area (Å²) >= 11 is 0. The van der Waals surface area contributed by atoms with Crippen LogP contribution in [0, 0.1) is 0 Å². The first-order valence-corrected chi connectivity index (χ1v) is 10.3. The first-order valence-electron chi connectivity index (χ1n) is 10.3. The monoisotopic (exact) mass is 409 g/mol. The molecule has 0 unspecified atom stereocenters. The van der Waals surface area contributed by atoms with E-state index < -0.39 is 11.7 Å². The van der Waals surface area contributed by atoms with Gasteiger partial charge in [0.05, 0.1) is 6.61 Å². The molecule has 0 N–H and O–H groups in total. The van der Waals surface area contributed by atoms with E-state index >= 15 is 0 Å². The van der Waals surface area contributed by atoms with Crippen LogP contribution in [0.25, 0.3) is 0 Å². The van der Waals surface area contributed by atoms with Crippen molar-refractivity contribution in [3.63, 3.8) is 0 Å². The highest BCUT2D eigenvalue weighted by Gasteiger charge is 2.36. The van der Waals surface area contributed by atoms with Crippen LogP contribution in [0.4, 0.5) is 24.7 Å². The van der Waals surface area contributed by atoms with Crippen LogP contribution < -0.4 is 9.64 Å². The third-order valence-corrected chi connectivity index (χ3v) is 4.74. The molecule has 0 spiro atoms. The van der Waals surface area contributed by atoms with Gasteiger partial charge in [-0.1, -0.05) is 51.7 Å². The summed E-state index contributed by atoms with van der Waals surface area (Å²) in [5, 5.41) is 0. The van der Waals surface area contributed by atoms with Gasteiger partial charge in [-0.2, -0.15) is 18.2 Å². The molecule has 0 radical (unpaired) electrons. The molecule has 4 nitrogen and oxygen atoms in total. The summed E-state index contributed by atoms with van der Waals surface area (Å²) in [5.41, 5.74) is 0.929. The number of alkyl halides is 3. The van der Waals surface area contributed by atoms with Gasteiger partial charge >= 0.3 is 12.2 Å². The molecule has 0 atom stereocenters. The van der Waals surface area contributed by atoms with E-state index in [9.17, 15) is 13.2 Å². The van der Waals surface area contributed by atoms with E-state index in [0.29, 0.717) is 12.3 Å². The van der Waals surface area contributed by atoms with Gasteiger partial charge in [0.15, 0.2) is 5.82 Å². The Balaban J connectivity index is 2.20. The van der Waals surface area contributed by atoms with Gasteiger partial charge in [0.1, 0.15) is 5.56 Å². The zero-order chi connectivity index (χ0) is 21.3. The molecule has 7 heteroatoms. The molecule has 29 heavy (non-hydrogen) atoms. The molecule has 0 aliphatic carbocycles. The van der Waals surface area contributed by atoms with Crippen LogP contribution in [0.2, 0.25) is 0 Å². The summed E-state index contributed by atoms with van der Waals surface area (Å²) in [7, 11) is 1.57. The number of rotatable bonds is 11. The Labute approximate surface area is 171 Å². The molecule has 1 aromatic carbocycles. The van der Waals surface area contributed by atoms with Crippen molar-refractivity contribution in [1.82, 2.24) is 9.97 Å². The molecule has 2 aromatic rings. The van der Waals surface area contributed by atoms with Gasteiger partial charge in [0.25, 0.3) is 0 Å². The van der Waals surface area contributed by atoms with Crippen LogP contribution in [0.15, 0.2) is 30.5 Å². The van der Waals surface area contributed by atoms with Gasteiger partial charge in [-0.3, -0.25) is 0 Å². The van der Waals surface area contributed by atoms with Crippen LogP contribution in [0.3, 0.4) is 0 Å². The summed E-state index contributed by atoms with van der Waals surface area (Å²) in [6, 6.07) is 7.54. The van der Waals surface area contributed by atoms with E-state index in [4.69, 9.17) is 4.74 Å². The molecular formula is C22H30F3N3O. The number of aryl methyl sites for hydroxylation is 1. The summed E-state index contributed by atoms with van der Waals surface area (Å²) in [5.74, 6) is -0.213. The average molecular weight is 409 g/mol. The Hall–Kier alpha value is -2.31. The average Bonchev–Trinajstić information content (AvgIpc) is 2.70. The first-order chi connectivity index (χ1) is 13.9. The molecule has 160 valence electrons. The van der Waals surface area contributed by atoms with E-state index in [2.05, 4.69) is 16.9 Å². The number of anilines is 2. The lowest BCUT2D eigenvalue weighted by atomic mass is 10.1. The number of hydrogen-bond acceptors (Lipinski definition) is 4. The van der Waals surface area contributed by atoms with Crippen molar-refractivity contribution >= 4 is 11.5 Å². The lowest BCUT2D eigenvalue weighted by Gasteiger charge is -2.23. The van der Waals surface area contributed by atoms with Crippen molar-refractivity contribution in [2.45, 2.75) is 65.0 Å². The van der Waals surface area contributed by atoms with E-state index in [1.165, 1.54) is 29.7 Å². The quantitative estimate of drug-likeness (QED) is 0.394. The SMILES string of the molecule is CCCCCCc1ccc(N(C)c2nc(OCCCC)ncc2C(F)(F)F)cc1. The molecule has 0 aliphatic heterocycles. The highest BCUT2D eigenvalue weighted by molar-refractivity contribution is 5.63. The van der Waals surface area contributed by atoms with E-state index in [1.54, 1.807) is 7.05 Å². The highest BCUT2D eigenvalue weighted by Crippen LogP contribution is 2.37. The van der Waals surface area contributed by atoms with E-state index in [-0.39, 0.29) is 11.8 Å². The summed E-state index contributed by atoms with van der Waals surface area (Å²) in [6.45, 7) is 4.55. The van der Waals surface area contributed by atoms with E-state index in [0.717, 1.165) is 31.9 Å². The van der Waals surface area contributed by atoms with Gasteiger partial charge in [-0.25, -0.2) is 4.98 Å². The van der Waals surface area contributed by atoms with Crippen molar-refractivity contribution in [2.24, 2.45) is 0 Å². The van der Waals surface area contributed by atoms with Crippen LogP contribution in [-0.4, -0.2) is 23.6 Å². The topological polar surface area (TPSA) is 38.2 Å². The van der Waals surface area contributed by atoms with Crippen molar-refractivity contribution in [3.8, 4) is 6.01 Å². The third-order valence-electron chi connectivity index (χ3n) is 4.74. The molecule has 1 aromatic heterocycles. The number of hydrogen-bond donors (Lipinski definition) is 0. The zero-order valence-electron chi connectivity index (χ0n) is 17.4. The van der Waals surface area contributed by atoms with Gasteiger partial charge < -0.3 is 9.64 Å². The van der Waals surface area contributed by atoms with E-state index in [1.807, 2.05) is 31.2 Å². The molecule has 0 saturated carbocycles. The Morgan fingerprint density at radius 1 is 0.966 bits per heavy atom. The highest BCUT2D eigenvalue weighted by atomic mass is 19.4. The summed E-state index contributed by atoms with van der Waals surface area (Å²) in [6.07, 6.45) is 3.63. The molecule has 0 saturated heterocycles. The minimum Gasteiger partial charge on any atom is -0.463 e. The maximum absolute atomic E-state index is 13.5. The molecule has 0 amide bonds. The lowest BCUT2D eigenvalue weighted by molar-refractivity contribution is -0.137. The van der Waals surface area contributed by atoms with Crippen molar-refractivity contribution < 1.29 is 17.9 Å². The predicted molar refractivity (Wildman–Crippen MR) is 110 cm³/mol. The normalized spacial score (nSPS) is 11.5. The van der Waals surface area contributed by atoms with Gasteiger partial charge in [0, 0.05) is 18.9 Å². The second-order valence-corrected chi connectivity index (χ2v) is 7.13. The number of nitrogens with zero attached hydrogens (tertiary/aromatic N) is 3. The Bertz CT molecular complexity index is 748. The molecule has 0 fully saturated rings. The number of halogens is 3. The lowest BCUT2D eigenvalue weighted by Crippen LogP contribution is -2.19. The van der Waals surface area contributed by atoms with Gasteiger partial charge in [-0.15, -0.1) is 0 Å². The van der Waals surface area contributed by atoms with Crippen LogP contribution in [0.5, 0.6) is 6.01 Å². The molecular weight excluding hydrogens is 379 g/mol. The van der Waals surface area contributed by atoms with Crippen molar-refractivity contribution in [2.75, 3.05) is 18.6 Å². The Morgan fingerprint density at radius 3 is 2.28 bits per heavy atom. The zero-order valence-corrected chi connectivity index (χ0v) is 17.4. The van der Waals surface area contributed by atoms with Gasteiger partial charge in [0.2, 0.25) is 0 Å². The fourth-order valence-corrected chi connectivity index (χ4v) is 2.95. The number of unbranched alkanes of at least 4 members (excludes halogenated alkanes) is 4. The maximum Gasteiger partial charge on any atom is 0.421 e. The van der Waals surface area contributed by atoms with Crippen molar-refractivity contribution in [1.29, 1.82) is 0 Å². The number of benzene rings is 1. The maximum atomic E-state index is 13.5. The number of ether oxygens (including phenoxy) is 1. The number of aromatic nitrogens is 2. The fourth-order valence-electron chi connectivity index (χ4n) is 2.95. The van der Waals surface area contributed by atoms with Crippen molar-refractivity contribution in [3.05, 3.63) is 41.6 Å². The van der Waals surface area contributed by atoms with Crippen LogP contribution in [-0.2, 0) is 12.6 Å². The largest absolute Gasteiger partial charge is 0.463 e. The second-order valence-electron chi connectivity index (χ2n) is 7.13. The third kappa shape index (κ3) is 6.91. The minimum atomic E-state index is -4.55. The molecule has 0 aliphatic rings. The second kappa shape index (κ2) is 11.0. The smallest absolute Gasteiger partial charge is 0.421 e. The van der Waals surface area contributed by atoms with Gasteiger partial charge in [-0.05, 0) is 37.0 Å². The van der Waals surface area contributed by atoms with Crippen LogP contribution in [0.1, 0.15) is 63.5 Å². The molecule has 0 bridgehead atoms. The van der Waals surface area contributed by atoms with Crippen LogP contribution >= 0.6 is 0 Å². The Morgan fingerprint density at radius 2 is 1.66 bits per heavy atom. The summed E-state index contributed by atoms with van der Waals surface area (Å²) in [4.78, 5) is 9.22. The summed E-state index contributed by atoms with van der Waals surface area (Å²) < 4.78 is 45.9. The fraction of sp³-hybridized carbons (Fsp3) is 0.545. The first kappa shape index (κ1) is 23.0. The molecule has 1 heterocycles. The Kier molecular flexibility index (Phi) is 8.73. The molecule has 2 rings (SSSR count).